The molecule has 1 aliphatic carbocycles. The van der Waals surface area contributed by atoms with Gasteiger partial charge in [-0.2, -0.15) is 0 Å². The number of carbonyl (C=O) groups is 1. The third-order valence-electron chi connectivity index (χ3n) is 4.43. The minimum atomic E-state index is -0.725. The molecule has 0 fully saturated rings. The predicted octanol–water partition coefficient (Wildman–Crippen LogP) is 3.15. The molecule has 0 saturated carbocycles. The van der Waals surface area contributed by atoms with Crippen molar-refractivity contribution in [2.24, 2.45) is 0 Å². The highest BCUT2D eigenvalue weighted by Gasteiger charge is 2.46. The van der Waals surface area contributed by atoms with E-state index in [1.165, 1.54) is 11.1 Å². The van der Waals surface area contributed by atoms with E-state index < -0.39 is 5.60 Å². The third kappa shape index (κ3) is 1.46. The van der Waals surface area contributed by atoms with Crippen molar-refractivity contribution in [3.05, 3.63) is 52.6 Å². The summed E-state index contributed by atoms with van der Waals surface area (Å²) in [4.78, 5) is 12.7. The molecule has 2 nitrogen and oxygen atoms in total. The monoisotopic (exact) mass is 252 g/mol. The van der Waals surface area contributed by atoms with E-state index in [1.54, 1.807) is 0 Å². The molecular formula is C17H16O2. The largest absolute Gasteiger partial charge is 0.474 e. The molecule has 3 bridgehead atoms. The topological polar surface area (TPSA) is 26.3 Å². The van der Waals surface area contributed by atoms with Crippen LogP contribution in [0.3, 0.4) is 0 Å². The van der Waals surface area contributed by atoms with E-state index in [2.05, 4.69) is 25.1 Å². The van der Waals surface area contributed by atoms with Crippen molar-refractivity contribution in [3.8, 4) is 5.75 Å². The van der Waals surface area contributed by atoms with Crippen molar-refractivity contribution in [2.75, 3.05) is 0 Å². The fraction of sp³-hybridized carbons (Fsp3) is 0.353. The molecule has 2 heterocycles. The van der Waals surface area contributed by atoms with Crippen molar-refractivity contribution in [1.29, 1.82) is 0 Å². The van der Waals surface area contributed by atoms with E-state index in [1.807, 2.05) is 12.2 Å². The van der Waals surface area contributed by atoms with Gasteiger partial charge in [-0.3, -0.25) is 4.79 Å². The first-order valence-electron chi connectivity index (χ1n) is 6.93. The highest BCUT2D eigenvalue weighted by Crippen LogP contribution is 2.43. The number of aryl methyl sites for hydroxylation is 2. The second-order valence-corrected chi connectivity index (χ2v) is 5.78. The number of rotatable bonds is 0. The number of ether oxygens (including phenoxy) is 1. The fourth-order valence-corrected chi connectivity index (χ4v) is 3.52. The number of carbonyl (C=O) groups excluding carboxylic acids is 1. The van der Waals surface area contributed by atoms with Gasteiger partial charge in [0.05, 0.1) is 0 Å². The minimum absolute atomic E-state index is 0.179. The molecule has 19 heavy (non-hydrogen) atoms. The first-order chi connectivity index (χ1) is 9.18. The summed E-state index contributed by atoms with van der Waals surface area (Å²) in [7, 11) is 0. The Morgan fingerprint density at radius 2 is 1.95 bits per heavy atom. The molecule has 1 atom stereocenters. The van der Waals surface area contributed by atoms with Crippen LogP contribution in [0, 0.1) is 0 Å². The van der Waals surface area contributed by atoms with Gasteiger partial charge in [0.2, 0.25) is 5.78 Å². The zero-order valence-electron chi connectivity index (χ0n) is 11.0. The molecule has 0 saturated heterocycles. The molecule has 1 spiro atoms. The van der Waals surface area contributed by atoms with Crippen molar-refractivity contribution in [1.82, 2.24) is 0 Å². The summed E-state index contributed by atoms with van der Waals surface area (Å²) in [5, 5.41) is 0. The second-order valence-electron chi connectivity index (χ2n) is 5.78. The van der Waals surface area contributed by atoms with Crippen molar-refractivity contribution in [3.63, 3.8) is 0 Å². The van der Waals surface area contributed by atoms with Crippen molar-refractivity contribution in [2.45, 2.75) is 38.2 Å². The molecule has 0 N–H and O–H groups in total. The van der Waals surface area contributed by atoms with Crippen LogP contribution in [0.25, 0.3) is 0 Å². The lowest BCUT2D eigenvalue weighted by atomic mass is 9.76. The lowest BCUT2D eigenvalue weighted by molar-refractivity contribution is -0.128. The summed E-state index contributed by atoms with van der Waals surface area (Å²) in [5.41, 5.74) is 3.85. The standard InChI is InChI=1S/C17H16O2/c1-11-9-14-6-5-12-3-2-4-13-7-8-17(10-11,16(14)18)19-15(12)13/h2-4,9-10H,5-8H2,1H3. The third-order valence-corrected chi connectivity index (χ3v) is 4.43. The maximum atomic E-state index is 12.7. The Bertz CT molecular complexity index is 651. The highest BCUT2D eigenvalue weighted by atomic mass is 16.5. The van der Waals surface area contributed by atoms with Crippen LogP contribution in [0.2, 0.25) is 0 Å². The van der Waals surface area contributed by atoms with Gasteiger partial charge >= 0.3 is 0 Å². The maximum Gasteiger partial charge on any atom is 0.206 e. The molecule has 0 aromatic heterocycles. The molecule has 0 radical (unpaired) electrons. The SMILES string of the molecule is CC1=CC23CCc4cccc(c4O2)CCC(=C1)C3=O. The number of hydrogen-bond donors (Lipinski definition) is 0. The van der Waals surface area contributed by atoms with E-state index in [-0.39, 0.29) is 5.78 Å². The van der Waals surface area contributed by atoms with E-state index in [9.17, 15) is 4.79 Å². The molecular weight excluding hydrogens is 236 g/mol. The van der Waals surface area contributed by atoms with Crippen LogP contribution in [-0.4, -0.2) is 11.4 Å². The van der Waals surface area contributed by atoms with Gasteiger partial charge in [-0.1, -0.05) is 29.8 Å². The quantitative estimate of drug-likeness (QED) is 0.709. The molecule has 1 aromatic rings. The van der Waals surface area contributed by atoms with Crippen LogP contribution in [0.4, 0.5) is 0 Å². The summed E-state index contributed by atoms with van der Waals surface area (Å²) >= 11 is 0. The maximum absolute atomic E-state index is 12.7. The minimum Gasteiger partial charge on any atom is -0.474 e. The van der Waals surface area contributed by atoms with Crippen molar-refractivity contribution >= 4 is 5.78 Å². The summed E-state index contributed by atoms with van der Waals surface area (Å²) in [6, 6.07) is 6.35. The van der Waals surface area contributed by atoms with Crippen LogP contribution >= 0.6 is 0 Å². The first kappa shape index (κ1) is 11.0. The average Bonchev–Trinajstić information content (AvgIpc) is 2.41. The normalized spacial score (nSPS) is 27.7. The number of Topliss-reactive ketones (excluding diaryl/α,β-unsaturated/α-hetero) is 1. The lowest BCUT2D eigenvalue weighted by Gasteiger charge is -2.40. The summed E-state index contributed by atoms with van der Waals surface area (Å²) in [5.74, 6) is 1.14. The number of hydrogen-bond acceptors (Lipinski definition) is 2. The molecule has 3 aliphatic rings. The Morgan fingerprint density at radius 3 is 2.79 bits per heavy atom. The van der Waals surface area contributed by atoms with Crippen LogP contribution in [0.5, 0.6) is 5.75 Å². The van der Waals surface area contributed by atoms with Gasteiger partial charge in [0.1, 0.15) is 5.75 Å². The van der Waals surface area contributed by atoms with Gasteiger partial charge < -0.3 is 4.74 Å². The zero-order valence-corrected chi connectivity index (χ0v) is 11.0. The van der Waals surface area contributed by atoms with E-state index in [0.29, 0.717) is 0 Å². The van der Waals surface area contributed by atoms with Gasteiger partial charge in [-0.15, -0.1) is 0 Å². The van der Waals surface area contributed by atoms with Gasteiger partial charge in [0.25, 0.3) is 0 Å². The van der Waals surface area contributed by atoms with Gasteiger partial charge in [0.15, 0.2) is 5.60 Å². The second kappa shape index (κ2) is 3.60. The van der Waals surface area contributed by atoms with Crippen LogP contribution in [-0.2, 0) is 17.6 Å². The number of para-hydroxylation sites is 1. The Kier molecular flexibility index (Phi) is 2.09. The van der Waals surface area contributed by atoms with Crippen LogP contribution in [0.1, 0.15) is 30.9 Å². The van der Waals surface area contributed by atoms with Gasteiger partial charge in [-0.05, 0) is 43.4 Å². The number of ketones is 1. The molecule has 0 amide bonds. The summed E-state index contributed by atoms with van der Waals surface area (Å²) in [6.45, 7) is 2.06. The van der Waals surface area contributed by atoms with Crippen molar-refractivity contribution < 1.29 is 9.53 Å². The molecule has 1 unspecified atom stereocenters. The Hall–Kier alpha value is -1.83. The van der Waals surface area contributed by atoms with E-state index >= 15 is 0 Å². The smallest absolute Gasteiger partial charge is 0.206 e. The van der Waals surface area contributed by atoms with E-state index in [0.717, 1.165) is 42.6 Å². The summed E-state index contributed by atoms with van der Waals surface area (Å²) < 4.78 is 6.23. The Morgan fingerprint density at radius 1 is 1.16 bits per heavy atom. The average molecular weight is 252 g/mol. The molecule has 1 aromatic carbocycles. The summed E-state index contributed by atoms with van der Waals surface area (Å²) in [6.07, 6.45) is 7.45. The predicted molar refractivity (Wildman–Crippen MR) is 73.3 cm³/mol. The van der Waals surface area contributed by atoms with E-state index in [4.69, 9.17) is 4.74 Å². The fourth-order valence-electron chi connectivity index (χ4n) is 3.52. The van der Waals surface area contributed by atoms with Crippen LogP contribution < -0.4 is 4.74 Å². The number of fused-ring (bicyclic) bond motifs is 1. The Balaban J connectivity index is 1.97. The Labute approximate surface area is 112 Å². The molecule has 96 valence electrons. The number of benzene rings is 1. The molecule has 2 heteroatoms. The highest BCUT2D eigenvalue weighted by molar-refractivity contribution is 6.05. The van der Waals surface area contributed by atoms with Gasteiger partial charge in [0, 0.05) is 12.0 Å². The lowest BCUT2D eigenvalue weighted by Crippen LogP contribution is -2.48. The van der Waals surface area contributed by atoms with Crippen LogP contribution in [0.15, 0.2) is 41.5 Å². The molecule has 4 rings (SSSR count). The molecule has 2 aliphatic heterocycles. The van der Waals surface area contributed by atoms with Gasteiger partial charge in [-0.25, -0.2) is 0 Å². The number of allylic oxidation sites excluding steroid dienone is 2. The first-order valence-corrected chi connectivity index (χ1v) is 6.93. The zero-order chi connectivity index (χ0) is 13.0.